The van der Waals surface area contributed by atoms with Crippen LogP contribution >= 0.6 is 0 Å². The number of benzene rings is 1. The Morgan fingerprint density at radius 3 is 2.78 bits per heavy atom. The molecule has 7 nitrogen and oxygen atoms in total. The van der Waals surface area contributed by atoms with E-state index >= 15 is 0 Å². The Labute approximate surface area is 133 Å². The van der Waals surface area contributed by atoms with Gasteiger partial charge in [-0.05, 0) is 24.6 Å². The van der Waals surface area contributed by atoms with Crippen molar-refractivity contribution >= 4 is 11.9 Å². The van der Waals surface area contributed by atoms with Crippen molar-refractivity contribution in [3.63, 3.8) is 0 Å². The molecule has 2 aromatic rings. The molecule has 0 aliphatic carbocycles. The largest absolute Gasteiger partial charge is 0.497 e. The first-order valence-corrected chi connectivity index (χ1v) is 7.26. The lowest BCUT2D eigenvalue weighted by Crippen LogP contribution is -2.36. The van der Waals surface area contributed by atoms with Crippen molar-refractivity contribution in [1.82, 2.24) is 15.1 Å². The normalized spacial score (nSPS) is 10.3. The summed E-state index contributed by atoms with van der Waals surface area (Å²) in [4.78, 5) is 24.6. The lowest BCUT2D eigenvalue weighted by molar-refractivity contribution is -0.137. The maximum absolute atomic E-state index is 12.4. The molecule has 0 fully saturated rings. The number of carbonyl (C=O) groups is 2. The summed E-state index contributed by atoms with van der Waals surface area (Å²) in [6.45, 7) is 1.93. The second kappa shape index (κ2) is 7.44. The van der Waals surface area contributed by atoms with Crippen LogP contribution in [0.2, 0.25) is 0 Å². The van der Waals surface area contributed by atoms with Gasteiger partial charge >= 0.3 is 5.97 Å². The predicted octanol–water partition coefficient (Wildman–Crippen LogP) is 2.02. The minimum absolute atomic E-state index is 0.262. The Bertz CT molecular complexity index is 696. The van der Waals surface area contributed by atoms with Gasteiger partial charge in [0.1, 0.15) is 18.0 Å². The van der Waals surface area contributed by atoms with Crippen molar-refractivity contribution in [3.05, 3.63) is 36.0 Å². The van der Waals surface area contributed by atoms with E-state index < -0.39 is 5.97 Å². The molecule has 23 heavy (non-hydrogen) atoms. The number of nitrogens with one attached hydrogen (secondary N) is 1. The van der Waals surface area contributed by atoms with Gasteiger partial charge < -0.3 is 14.7 Å². The fourth-order valence-electron chi connectivity index (χ4n) is 2.22. The Kier molecular flexibility index (Phi) is 5.35. The first-order valence-electron chi connectivity index (χ1n) is 7.26. The van der Waals surface area contributed by atoms with E-state index in [0.717, 1.165) is 5.56 Å². The molecule has 7 heteroatoms. The van der Waals surface area contributed by atoms with Crippen LogP contribution in [0.3, 0.4) is 0 Å². The maximum Gasteiger partial charge on any atom is 0.323 e. The highest BCUT2D eigenvalue weighted by Gasteiger charge is 2.20. The summed E-state index contributed by atoms with van der Waals surface area (Å²) < 4.78 is 5.17. The van der Waals surface area contributed by atoms with Crippen LogP contribution < -0.4 is 4.74 Å². The topological polar surface area (TPSA) is 95.5 Å². The Morgan fingerprint density at radius 1 is 1.35 bits per heavy atom. The molecule has 0 radical (unpaired) electrons. The van der Waals surface area contributed by atoms with Crippen LogP contribution in [0.4, 0.5) is 0 Å². The molecular weight excluding hydrogens is 298 g/mol. The van der Waals surface area contributed by atoms with Gasteiger partial charge in [0.15, 0.2) is 0 Å². The van der Waals surface area contributed by atoms with Gasteiger partial charge in [0.25, 0.3) is 5.91 Å². The summed E-state index contributed by atoms with van der Waals surface area (Å²) in [6, 6.07) is 8.93. The van der Waals surface area contributed by atoms with Gasteiger partial charge in [-0.15, -0.1) is 0 Å². The van der Waals surface area contributed by atoms with Gasteiger partial charge in [-0.2, -0.15) is 5.10 Å². The predicted molar refractivity (Wildman–Crippen MR) is 84.4 cm³/mol. The summed E-state index contributed by atoms with van der Waals surface area (Å²) in [5, 5.41) is 15.7. The molecule has 0 saturated heterocycles. The number of hydrogen-bond acceptors (Lipinski definition) is 4. The molecule has 0 bridgehead atoms. The average molecular weight is 317 g/mol. The number of methoxy groups -OCH3 is 1. The number of carbonyl (C=O) groups excluding carboxylic acids is 1. The van der Waals surface area contributed by atoms with Crippen LogP contribution in [0.1, 0.15) is 23.8 Å². The number of ether oxygens (including phenoxy) is 1. The van der Waals surface area contributed by atoms with Crippen LogP contribution in [0.5, 0.6) is 5.75 Å². The minimum atomic E-state index is -1.04. The number of carboxylic acid groups (broad SMARTS) is 1. The van der Waals surface area contributed by atoms with E-state index in [-0.39, 0.29) is 18.1 Å². The number of aromatic amines is 1. The van der Waals surface area contributed by atoms with Gasteiger partial charge in [0.05, 0.1) is 12.8 Å². The van der Waals surface area contributed by atoms with Crippen LogP contribution in [0, 0.1) is 0 Å². The Balaban J connectivity index is 2.22. The zero-order valence-corrected chi connectivity index (χ0v) is 13.1. The molecule has 1 heterocycles. The van der Waals surface area contributed by atoms with Gasteiger partial charge in [-0.3, -0.25) is 14.7 Å². The number of aromatic nitrogens is 2. The zero-order chi connectivity index (χ0) is 16.8. The quantitative estimate of drug-likeness (QED) is 0.814. The van der Waals surface area contributed by atoms with E-state index in [1.165, 1.54) is 4.90 Å². The monoisotopic (exact) mass is 317 g/mol. The van der Waals surface area contributed by atoms with Crippen molar-refractivity contribution < 1.29 is 19.4 Å². The van der Waals surface area contributed by atoms with Crippen molar-refractivity contribution in [2.75, 3.05) is 20.2 Å². The fraction of sp³-hybridized carbons (Fsp3) is 0.312. The van der Waals surface area contributed by atoms with Crippen molar-refractivity contribution in [1.29, 1.82) is 0 Å². The molecule has 0 unspecified atom stereocenters. The summed E-state index contributed by atoms with van der Waals surface area (Å²) in [7, 11) is 1.58. The third kappa shape index (κ3) is 4.09. The number of H-pyrrole nitrogens is 1. The van der Waals surface area contributed by atoms with Crippen LogP contribution in [-0.4, -0.2) is 52.3 Å². The van der Waals surface area contributed by atoms with Crippen molar-refractivity contribution in [2.24, 2.45) is 0 Å². The molecule has 0 aliphatic rings. The highest BCUT2D eigenvalue weighted by Crippen LogP contribution is 2.22. The first kappa shape index (κ1) is 16.5. The number of amides is 1. The van der Waals surface area contributed by atoms with E-state index in [0.29, 0.717) is 24.4 Å². The van der Waals surface area contributed by atoms with Crippen LogP contribution in [-0.2, 0) is 4.79 Å². The summed E-state index contributed by atoms with van der Waals surface area (Å²) in [5.74, 6) is -0.730. The second-order valence-corrected chi connectivity index (χ2v) is 5.02. The van der Waals surface area contributed by atoms with Crippen LogP contribution in [0.15, 0.2) is 30.3 Å². The van der Waals surface area contributed by atoms with E-state index in [1.807, 2.05) is 31.2 Å². The first-order chi connectivity index (χ1) is 11.0. The third-order valence-corrected chi connectivity index (χ3v) is 3.28. The molecule has 1 amide bonds. The summed E-state index contributed by atoms with van der Waals surface area (Å²) >= 11 is 0. The molecule has 1 aromatic heterocycles. The fourth-order valence-corrected chi connectivity index (χ4v) is 2.22. The SMILES string of the molecule is CCCN(CC(=O)O)C(=O)c1cc(-c2cccc(OC)c2)n[nH]1. The third-order valence-electron chi connectivity index (χ3n) is 3.28. The molecule has 0 saturated carbocycles. The number of aliphatic carboxylic acids is 1. The number of hydrogen-bond donors (Lipinski definition) is 2. The molecule has 2 N–H and O–H groups in total. The van der Waals surface area contributed by atoms with E-state index in [2.05, 4.69) is 10.2 Å². The van der Waals surface area contributed by atoms with Crippen molar-refractivity contribution in [2.45, 2.75) is 13.3 Å². The highest BCUT2D eigenvalue weighted by atomic mass is 16.5. The average Bonchev–Trinajstić information content (AvgIpc) is 3.03. The molecule has 1 aromatic carbocycles. The minimum Gasteiger partial charge on any atom is -0.497 e. The van der Waals surface area contributed by atoms with Gasteiger partial charge in [-0.25, -0.2) is 0 Å². The number of rotatable bonds is 7. The highest BCUT2D eigenvalue weighted by molar-refractivity contribution is 5.95. The lowest BCUT2D eigenvalue weighted by atomic mass is 10.1. The molecule has 2 rings (SSSR count). The smallest absolute Gasteiger partial charge is 0.323 e. The molecule has 0 atom stereocenters. The summed E-state index contributed by atoms with van der Waals surface area (Å²) in [6.07, 6.45) is 0.676. The van der Waals surface area contributed by atoms with E-state index in [9.17, 15) is 9.59 Å². The number of nitrogens with zero attached hydrogens (tertiary/aromatic N) is 2. The number of carboxylic acids is 1. The van der Waals surface area contributed by atoms with Gasteiger partial charge in [0, 0.05) is 12.1 Å². The van der Waals surface area contributed by atoms with E-state index in [1.54, 1.807) is 13.2 Å². The zero-order valence-electron chi connectivity index (χ0n) is 13.1. The molecular formula is C16H19N3O4. The standard InChI is InChI=1S/C16H19N3O4/c1-3-7-19(10-15(20)21)16(22)14-9-13(17-18-14)11-5-4-6-12(8-11)23-2/h4-6,8-9H,3,7,10H2,1-2H3,(H,17,18)(H,20,21). The van der Waals surface area contributed by atoms with Gasteiger partial charge in [-0.1, -0.05) is 19.1 Å². The molecule has 122 valence electrons. The van der Waals surface area contributed by atoms with Gasteiger partial charge in [0.2, 0.25) is 0 Å². The lowest BCUT2D eigenvalue weighted by Gasteiger charge is -2.18. The Hall–Kier alpha value is -2.83. The maximum atomic E-state index is 12.4. The second-order valence-electron chi connectivity index (χ2n) is 5.02. The molecule has 0 aliphatic heterocycles. The Morgan fingerprint density at radius 2 is 2.13 bits per heavy atom. The van der Waals surface area contributed by atoms with E-state index in [4.69, 9.17) is 9.84 Å². The van der Waals surface area contributed by atoms with Crippen LogP contribution in [0.25, 0.3) is 11.3 Å². The molecule has 0 spiro atoms. The summed E-state index contributed by atoms with van der Waals surface area (Å²) in [5.41, 5.74) is 1.66. The van der Waals surface area contributed by atoms with Crippen molar-refractivity contribution in [3.8, 4) is 17.0 Å².